The van der Waals surface area contributed by atoms with E-state index >= 15 is 0 Å². The summed E-state index contributed by atoms with van der Waals surface area (Å²) in [6, 6.07) is 16.7. The Labute approximate surface area is 144 Å². The first-order chi connectivity index (χ1) is 12.3. The van der Waals surface area contributed by atoms with Crippen molar-refractivity contribution < 1.29 is 9.21 Å². The number of pyridine rings is 2. The van der Waals surface area contributed by atoms with Gasteiger partial charge < -0.3 is 9.73 Å². The number of carbonyl (C=O) groups excluding carboxylic acids is 1. The second kappa shape index (κ2) is 6.57. The van der Waals surface area contributed by atoms with Crippen LogP contribution in [0.4, 0.5) is 0 Å². The normalized spacial score (nSPS) is 10.7. The van der Waals surface area contributed by atoms with E-state index in [-0.39, 0.29) is 5.91 Å². The van der Waals surface area contributed by atoms with E-state index in [0.717, 1.165) is 16.5 Å². The first-order valence-corrected chi connectivity index (χ1v) is 7.92. The molecule has 0 aliphatic carbocycles. The van der Waals surface area contributed by atoms with Crippen LogP contribution in [0.3, 0.4) is 0 Å². The maximum absolute atomic E-state index is 12.8. The number of nitrogens with zero attached hydrogens (tertiary/aromatic N) is 2. The highest BCUT2D eigenvalue weighted by atomic mass is 16.3. The van der Waals surface area contributed by atoms with E-state index in [2.05, 4.69) is 15.3 Å². The highest BCUT2D eigenvalue weighted by Crippen LogP contribution is 2.25. The molecule has 25 heavy (non-hydrogen) atoms. The van der Waals surface area contributed by atoms with Gasteiger partial charge in [-0.2, -0.15) is 0 Å². The van der Waals surface area contributed by atoms with Gasteiger partial charge in [-0.15, -0.1) is 0 Å². The van der Waals surface area contributed by atoms with Gasteiger partial charge in [0.05, 0.1) is 17.3 Å². The van der Waals surface area contributed by atoms with Crippen LogP contribution < -0.4 is 5.32 Å². The highest BCUT2D eigenvalue weighted by Gasteiger charge is 2.14. The summed E-state index contributed by atoms with van der Waals surface area (Å²) in [6.45, 7) is 0.416. The Hall–Kier alpha value is -3.47. The van der Waals surface area contributed by atoms with Gasteiger partial charge in [0.15, 0.2) is 5.76 Å². The number of nitrogens with one attached hydrogen (secondary N) is 1. The van der Waals surface area contributed by atoms with Crippen LogP contribution in [-0.4, -0.2) is 15.9 Å². The number of hydrogen-bond acceptors (Lipinski definition) is 4. The lowest BCUT2D eigenvalue weighted by Crippen LogP contribution is -2.23. The zero-order chi connectivity index (χ0) is 17.1. The number of amides is 1. The number of rotatable bonds is 4. The van der Waals surface area contributed by atoms with Gasteiger partial charge in [-0.3, -0.25) is 9.78 Å². The van der Waals surface area contributed by atoms with Crippen molar-refractivity contribution in [1.29, 1.82) is 0 Å². The average Bonchev–Trinajstić information content (AvgIpc) is 3.21. The molecular weight excluding hydrogens is 314 g/mol. The van der Waals surface area contributed by atoms with Crippen molar-refractivity contribution in [2.75, 3.05) is 0 Å². The van der Waals surface area contributed by atoms with Crippen LogP contribution in [0.15, 0.2) is 77.7 Å². The SMILES string of the molecule is O=C(NCc1cccnc1)c1cc(-c2ccco2)nc2ccccc12. The summed E-state index contributed by atoms with van der Waals surface area (Å²) >= 11 is 0. The third-order valence-corrected chi connectivity index (χ3v) is 3.91. The summed E-state index contributed by atoms with van der Waals surface area (Å²) < 4.78 is 5.43. The van der Waals surface area contributed by atoms with Crippen molar-refractivity contribution in [3.05, 3.63) is 84.4 Å². The molecule has 0 unspecified atom stereocenters. The second-order valence-electron chi connectivity index (χ2n) is 5.59. The lowest BCUT2D eigenvalue weighted by atomic mass is 10.1. The molecule has 4 rings (SSSR count). The molecule has 1 aromatic carbocycles. The predicted molar refractivity (Wildman–Crippen MR) is 94.9 cm³/mol. The minimum atomic E-state index is -0.157. The molecule has 4 aromatic rings. The molecule has 0 spiro atoms. The van der Waals surface area contributed by atoms with Crippen LogP contribution in [0.1, 0.15) is 15.9 Å². The average molecular weight is 329 g/mol. The predicted octanol–water partition coefficient (Wildman–Crippen LogP) is 3.82. The molecule has 1 N–H and O–H groups in total. The molecule has 0 aliphatic heterocycles. The lowest BCUT2D eigenvalue weighted by Gasteiger charge is -2.09. The maximum atomic E-state index is 12.8. The van der Waals surface area contributed by atoms with E-state index in [4.69, 9.17) is 4.42 Å². The van der Waals surface area contributed by atoms with Crippen LogP contribution in [0.5, 0.6) is 0 Å². The monoisotopic (exact) mass is 329 g/mol. The third kappa shape index (κ3) is 3.12. The van der Waals surface area contributed by atoms with E-state index in [1.807, 2.05) is 42.5 Å². The topological polar surface area (TPSA) is 68.0 Å². The van der Waals surface area contributed by atoms with Crippen LogP contribution in [0, 0.1) is 0 Å². The van der Waals surface area contributed by atoms with Gasteiger partial charge in [0.25, 0.3) is 5.91 Å². The van der Waals surface area contributed by atoms with Gasteiger partial charge in [-0.05, 0) is 35.9 Å². The minimum Gasteiger partial charge on any atom is -0.463 e. The molecule has 3 aromatic heterocycles. The zero-order valence-electron chi connectivity index (χ0n) is 13.3. The lowest BCUT2D eigenvalue weighted by molar-refractivity contribution is 0.0952. The first-order valence-electron chi connectivity index (χ1n) is 7.92. The van der Waals surface area contributed by atoms with Crippen LogP contribution in [0.2, 0.25) is 0 Å². The summed E-state index contributed by atoms with van der Waals surface area (Å²) in [5.41, 5.74) is 2.90. The number of fused-ring (bicyclic) bond motifs is 1. The van der Waals surface area contributed by atoms with E-state index in [0.29, 0.717) is 23.6 Å². The van der Waals surface area contributed by atoms with Gasteiger partial charge in [0.1, 0.15) is 5.69 Å². The van der Waals surface area contributed by atoms with Gasteiger partial charge in [0.2, 0.25) is 0 Å². The molecule has 5 heteroatoms. The number of benzene rings is 1. The molecule has 122 valence electrons. The van der Waals surface area contributed by atoms with Crippen molar-refractivity contribution >= 4 is 16.8 Å². The number of aromatic nitrogens is 2. The van der Waals surface area contributed by atoms with Crippen molar-refractivity contribution in [3.63, 3.8) is 0 Å². The molecular formula is C20H15N3O2. The molecule has 5 nitrogen and oxygen atoms in total. The van der Waals surface area contributed by atoms with Crippen molar-refractivity contribution in [1.82, 2.24) is 15.3 Å². The Morgan fingerprint density at radius 1 is 1.08 bits per heavy atom. The molecule has 0 bridgehead atoms. The Morgan fingerprint density at radius 2 is 2.00 bits per heavy atom. The fourth-order valence-electron chi connectivity index (χ4n) is 2.69. The first kappa shape index (κ1) is 15.1. The van der Waals surface area contributed by atoms with Crippen molar-refractivity contribution in [2.24, 2.45) is 0 Å². The van der Waals surface area contributed by atoms with Crippen LogP contribution in [0.25, 0.3) is 22.4 Å². The molecule has 0 saturated carbocycles. The highest BCUT2D eigenvalue weighted by molar-refractivity contribution is 6.07. The molecule has 0 atom stereocenters. The summed E-state index contributed by atoms with van der Waals surface area (Å²) in [7, 11) is 0. The van der Waals surface area contributed by atoms with E-state index < -0.39 is 0 Å². The Kier molecular flexibility index (Phi) is 3.96. The summed E-state index contributed by atoms with van der Waals surface area (Å²) in [5.74, 6) is 0.474. The molecule has 3 heterocycles. The summed E-state index contributed by atoms with van der Waals surface area (Å²) in [6.07, 6.45) is 5.03. The Bertz CT molecular complexity index is 1010. The zero-order valence-corrected chi connectivity index (χ0v) is 13.3. The summed E-state index contributed by atoms with van der Waals surface area (Å²) in [5, 5.41) is 3.75. The van der Waals surface area contributed by atoms with E-state index in [1.54, 1.807) is 30.8 Å². The Balaban J connectivity index is 1.71. The fourth-order valence-corrected chi connectivity index (χ4v) is 2.69. The van der Waals surface area contributed by atoms with Crippen LogP contribution >= 0.6 is 0 Å². The van der Waals surface area contributed by atoms with Gasteiger partial charge in [-0.25, -0.2) is 4.98 Å². The van der Waals surface area contributed by atoms with Crippen molar-refractivity contribution in [2.45, 2.75) is 6.54 Å². The molecule has 1 amide bonds. The maximum Gasteiger partial charge on any atom is 0.252 e. The largest absolute Gasteiger partial charge is 0.463 e. The Morgan fingerprint density at radius 3 is 2.80 bits per heavy atom. The fraction of sp³-hybridized carbons (Fsp3) is 0.0500. The van der Waals surface area contributed by atoms with Crippen LogP contribution in [-0.2, 0) is 6.54 Å². The van der Waals surface area contributed by atoms with Gasteiger partial charge in [0, 0.05) is 24.3 Å². The van der Waals surface area contributed by atoms with Gasteiger partial charge in [-0.1, -0.05) is 24.3 Å². The summed E-state index contributed by atoms with van der Waals surface area (Å²) in [4.78, 5) is 21.4. The van der Waals surface area contributed by atoms with E-state index in [9.17, 15) is 4.79 Å². The quantitative estimate of drug-likeness (QED) is 0.618. The third-order valence-electron chi connectivity index (χ3n) is 3.91. The van der Waals surface area contributed by atoms with E-state index in [1.165, 1.54) is 0 Å². The number of hydrogen-bond donors (Lipinski definition) is 1. The smallest absolute Gasteiger partial charge is 0.252 e. The molecule has 0 fully saturated rings. The molecule has 0 saturated heterocycles. The number of carbonyl (C=O) groups is 1. The van der Waals surface area contributed by atoms with Crippen molar-refractivity contribution in [3.8, 4) is 11.5 Å². The minimum absolute atomic E-state index is 0.157. The standard InChI is InChI=1S/C20H15N3O2/c24-20(22-13-14-5-3-9-21-12-14)16-11-18(19-8-4-10-25-19)23-17-7-2-1-6-15(16)17/h1-12H,13H2,(H,22,24). The molecule has 0 aliphatic rings. The number of furan rings is 1. The second-order valence-corrected chi connectivity index (χ2v) is 5.59. The molecule has 0 radical (unpaired) electrons. The number of para-hydroxylation sites is 1. The van der Waals surface area contributed by atoms with Gasteiger partial charge >= 0.3 is 0 Å².